The number of hydrogen-bond acceptors (Lipinski definition) is 5. The van der Waals surface area contributed by atoms with Crippen LogP contribution in [0.15, 0.2) is 53.4 Å². The van der Waals surface area contributed by atoms with Crippen LogP contribution in [0.25, 0.3) is 0 Å². The number of rotatable bonds is 7. The molecule has 0 fully saturated rings. The van der Waals surface area contributed by atoms with Gasteiger partial charge in [-0.1, -0.05) is 12.1 Å². The van der Waals surface area contributed by atoms with Gasteiger partial charge in [-0.2, -0.15) is 17.9 Å². The van der Waals surface area contributed by atoms with Gasteiger partial charge in [-0.15, -0.1) is 0 Å². The van der Waals surface area contributed by atoms with Gasteiger partial charge in [0.25, 0.3) is 0 Å². The first kappa shape index (κ1) is 23.4. The lowest BCUT2D eigenvalue weighted by Crippen LogP contribution is -2.39. The summed E-state index contributed by atoms with van der Waals surface area (Å²) in [6.45, 7) is 2.11. The number of ether oxygens (including phenoxy) is 1. The molecule has 0 aromatic heterocycles. The maximum Gasteiger partial charge on any atom is 0.416 e. The first-order valence-electron chi connectivity index (χ1n) is 8.61. The van der Waals surface area contributed by atoms with Crippen molar-refractivity contribution in [2.24, 2.45) is 0 Å². The zero-order valence-electron chi connectivity index (χ0n) is 16.0. The lowest BCUT2D eigenvalue weighted by Gasteiger charge is -2.15. The van der Waals surface area contributed by atoms with Crippen LogP contribution in [0.5, 0.6) is 0 Å². The van der Waals surface area contributed by atoms with E-state index in [2.05, 4.69) is 10.0 Å². The van der Waals surface area contributed by atoms with Crippen molar-refractivity contribution < 1.29 is 35.9 Å². The molecule has 1 amide bonds. The van der Waals surface area contributed by atoms with Gasteiger partial charge in [0.2, 0.25) is 15.9 Å². The van der Waals surface area contributed by atoms with Gasteiger partial charge in [0.15, 0.2) is 0 Å². The number of amides is 1. The molecule has 0 aliphatic rings. The second kappa shape index (κ2) is 9.26. The third-order valence-electron chi connectivity index (χ3n) is 3.81. The van der Waals surface area contributed by atoms with Crippen molar-refractivity contribution in [1.29, 1.82) is 0 Å². The third kappa shape index (κ3) is 6.56. The van der Waals surface area contributed by atoms with Gasteiger partial charge in [0.1, 0.15) is 12.6 Å². The van der Waals surface area contributed by atoms with Gasteiger partial charge in [0.05, 0.1) is 10.5 Å². The highest BCUT2D eigenvalue weighted by atomic mass is 32.2. The minimum absolute atomic E-state index is 0.113. The quantitative estimate of drug-likeness (QED) is 0.639. The van der Waals surface area contributed by atoms with Crippen LogP contribution in [0.3, 0.4) is 0 Å². The Morgan fingerprint density at radius 3 is 2.30 bits per heavy atom. The topological polar surface area (TPSA) is 102 Å². The van der Waals surface area contributed by atoms with E-state index < -0.39 is 40.4 Å². The molecule has 2 aromatic rings. The third-order valence-corrected chi connectivity index (χ3v) is 5.36. The lowest BCUT2D eigenvalue weighted by atomic mass is 10.1. The summed E-state index contributed by atoms with van der Waals surface area (Å²) in [7, 11) is -4.07. The molecule has 11 heteroatoms. The van der Waals surface area contributed by atoms with Gasteiger partial charge in [0, 0.05) is 12.6 Å². The van der Waals surface area contributed by atoms with Crippen LogP contribution in [0, 0.1) is 0 Å². The molecule has 0 spiro atoms. The minimum atomic E-state index is -4.53. The predicted octanol–water partition coefficient (Wildman–Crippen LogP) is 3.07. The van der Waals surface area contributed by atoms with Crippen LogP contribution in [-0.4, -0.2) is 26.3 Å². The number of sulfonamides is 1. The molecule has 0 bridgehead atoms. The number of carbonyl (C=O) groups excluding carboxylic acids is 2. The molecule has 1 unspecified atom stereocenters. The Kier molecular flexibility index (Phi) is 7.21. The van der Waals surface area contributed by atoms with Crippen molar-refractivity contribution >= 4 is 27.6 Å². The number of halogens is 3. The second-order valence-corrected chi connectivity index (χ2v) is 8.07. The lowest BCUT2D eigenvalue weighted by molar-refractivity contribution is -0.146. The monoisotopic (exact) mass is 444 g/mol. The van der Waals surface area contributed by atoms with Crippen molar-refractivity contribution in [1.82, 2.24) is 4.72 Å². The Hall–Kier alpha value is -2.92. The fourth-order valence-electron chi connectivity index (χ4n) is 2.39. The summed E-state index contributed by atoms with van der Waals surface area (Å²) >= 11 is 0. The van der Waals surface area contributed by atoms with Crippen LogP contribution in [0.2, 0.25) is 0 Å². The molecule has 30 heavy (non-hydrogen) atoms. The summed E-state index contributed by atoms with van der Waals surface area (Å²) in [5.41, 5.74) is -0.371. The molecule has 7 nitrogen and oxygen atoms in total. The zero-order valence-corrected chi connectivity index (χ0v) is 16.8. The van der Waals surface area contributed by atoms with Crippen LogP contribution in [0.4, 0.5) is 18.9 Å². The molecule has 0 aliphatic heterocycles. The van der Waals surface area contributed by atoms with E-state index in [1.807, 2.05) is 0 Å². The Morgan fingerprint density at radius 2 is 1.73 bits per heavy atom. The Balaban J connectivity index is 1.98. The van der Waals surface area contributed by atoms with Crippen molar-refractivity contribution in [2.75, 3.05) is 5.32 Å². The van der Waals surface area contributed by atoms with Gasteiger partial charge in [-0.3, -0.25) is 9.59 Å². The molecule has 0 aliphatic carbocycles. The van der Waals surface area contributed by atoms with Crippen LogP contribution in [-0.2, 0) is 37.1 Å². The normalized spacial score (nSPS) is 12.8. The predicted molar refractivity (Wildman–Crippen MR) is 102 cm³/mol. The summed E-state index contributed by atoms with van der Waals surface area (Å²) < 4.78 is 70.0. The molecule has 162 valence electrons. The van der Waals surface area contributed by atoms with Crippen LogP contribution >= 0.6 is 0 Å². The average molecular weight is 444 g/mol. The second-order valence-electron chi connectivity index (χ2n) is 6.35. The molecule has 2 N–H and O–H groups in total. The SMILES string of the molecule is CC(=O)Nc1ccc(S(=O)(=O)NC(C)C(=O)OCc2cccc(C(F)(F)F)c2)cc1. The number of nitrogens with one attached hydrogen (secondary N) is 2. The number of carbonyl (C=O) groups is 2. The maximum absolute atomic E-state index is 12.7. The van der Waals surface area contributed by atoms with Gasteiger partial charge in [-0.25, -0.2) is 8.42 Å². The van der Waals surface area contributed by atoms with E-state index in [9.17, 15) is 31.2 Å². The highest BCUT2D eigenvalue weighted by Gasteiger charge is 2.30. The van der Waals surface area contributed by atoms with E-state index in [-0.39, 0.29) is 16.4 Å². The van der Waals surface area contributed by atoms with Crippen molar-refractivity contribution in [3.63, 3.8) is 0 Å². The number of alkyl halides is 3. The summed E-state index contributed by atoms with van der Waals surface area (Å²) in [6, 6.07) is 8.24. The molecule has 0 radical (unpaired) electrons. The minimum Gasteiger partial charge on any atom is -0.460 e. The van der Waals surface area contributed by atoms with Crippen LogP contribution < -0.4 is 10.0 Å². The van der Waals surface area contributed by atoms with E-state index in [4.69, 9.17) is 4.74 Å². The van der Waals surface area contributed by atoms with Gasteiger partial charge < -0.3 is 10.1 Å². The molecular weight excluding hydrogens is 425 g/mol. The smallest absolute Gasteiger partial charge is 0.416 e. The van der Waals surface area contributed by atoms with Crippen molar-refractivity contribution in [3.8, 4) is 0 Å². The molecule has 2 rings (SSSR count). The van der Waals surface area contributed by atoms with E-state index >= 15 is 0 Å². The molecule has 2 aromatic carbocycles. The van der Waals surface area contributed by atoms with Crippen LogP contribution in [0.1, 0.15) is 25.0 Å². The molecule has 1 atom stereocenters. The van der Waals surface area contributed by atoms with E-state index in [1.165, 1.54) is 50.2 Å². The number of benzene rings is 2. The zero-order chi connectivity index (χ0) is 22.5. The maximum atomic E-state index is 12.7. The highest BCUT2D eigenvalue weighted by molar-refractivity contribution is 7.89. The first-order valence-corrected chi connectivity index (χ1v) is 10.1. The number of esters is 1. The Labute approximate surface area is 171 Å². The summed E-state index contributed by atoms with van der Waals surface area (Å²) in [4.78, 5) is 22.9. The summed E-state index contributed by atoms with van der Waals surface area (Å²) in [5.74, 6) is -1.27. The van der Waals surface area contributed by atoms with Gasteiger partial charge in [-0.05, 0) is 48.9 Å². The largest absolute Gasteiger partial charge is 0.460 e. The molecule has 0 heterocycles. The van der Waals surface area contributed by atoms with Crippen molar-refractivity contribution in [2.45, 2.75) is 37.6 Å². The fourth-order valence-corrected chi connectivity index (χ4v) is 3.58. The average Bonchev–Trinajstić information content (AvgIpc) is 2.65. The van der Waals surface area contributed by atoms with E-state index in [1.54, 1.807) is 0 Å². The standard InChI is InChI=1S/C19H19F3N2O5S/c1-12(18(26)29-11-14-4-3-5-15(10-14)19(20,21)22)24-30(27,28)17-8-6-16(7-9-17)23-13(2)25/h3-10,12,24H,11H2,1-2H3,(H,23,25). The van der Waals surface area contributed by atoms with Crippen molar-refractivity contribution in [3.05, 3.63) is 59.7 Å². The summed E-state index contributed by atoms with van der Waals surface area (Å²) in [5, 5.41) is 2.49. The van der Waals surface area contributed by atoms with E-state index in [0.29, 0.717) is 5.69 Å². The summed E-state index contributed by atoms with van der Waals surface area (Å²) in [6.07, 6.45) is -4.53. The number of anilines is 1. The first-order chi connectivity index (χ1) is 13.9. The number of hydrogen-bond donors (Lipinski definition) is 2. The molecular formula is C19H19F3N2O5S. The van der Waals surface area contributed by atoms with E-state index in [0.717, 1.165) is 12.1 Å². The van der Waals surface area contributed by atoms with Gasteiger partial charge >= 0.3 is 12.1 Å². The molecule has 0 saturated heterocycles. The Morgan fingerprint density at radius 1 is 1.10 bits per heavy atom. The molecule has 0 saturated carbocycles. The Bertz CT molecular complexity index is 1020. The highest BCUT2D eigenvalue weighted by Crippen LogP contribution is 2.29. The fraction of sp³-hybridized carbons (Fsp3) is 0.263.